The van der Waals surface area contributed by atoms with Crippen molar-refractivity contribution < 1.29 is 22.4 Å². The van der Waals surface area contributed by atoms with Gasteiger partial charge in [0.05, 0.1) is 36.4 Å². The maximum absolute atomic E-state index is 12.5. The highest BCUT2D eigenvalue weighted by atomic mass is 32.2. The topological polar surface area (TPSA) is 123 Å². The summed E-state index contributed by atoms with van der Waals surface area (Å²) in [6.07, 6.45) is 2.01. The molecule has 1 saturated heterocycles. The van der Waals surface area contributed by atoms with Crippen molar-refractivity contribution in [1.82, 2.24) is 4.90 Å². The monoisotopic (exact) mass is 397 g/mol. The van der Waals surface area contributed by atoms with E-state index in [0.717, 1.165) is 0 Å². The van der Waals surface area contributed by atoms with Crippen molar-refractivity contribution in [3.05, 3.63) is 41.2 Å². The van der Waals surface area contributed by atoms with Crippen molar-refractivity contribution in [3.8, 4) is 0 Å². The van der Waals surface area contributed by atoms with E-state index in [4.69, 9.17) is 10.2 Å². The molecule has 3 rings (SSSR count). The number of carbonyl (C=O) groups is 2. The first kappa shape index (κ1) is 18.6. The molecule has 0 aliphatic carbocycles. The van der Waals surface area contributed by atoms with Crippen LogP contribution in [-0.4, -0.2) is 49.2 Å². The van der Waals surface area contributed by atoms with Gasteiger partial charge in [-0.2, -0.15) is 0 Å². The Morgan fingerprint density at radius 3 is 2.81 bits per heavy atom. The van der Waals surface area contributed by atoms with Crippen molar-refractivity contribution in [2.45, 2.75) is 19.0 Å². The van der Waals surface area contributed by atoms with E-state index in [2.05, 4.69) is 5.32 Å². The molecular weight excluding hydrogens is 378 g/mol. The van der Waals surface area contributed by atoms with Crippen LogP contribution in [0.5, 0.6) is 0 Å². The fraction of sp³-hybridized carbons (Fsp3) is 0.375. The third-order valence-electron chi connectivity index (χ3n) is 4.19. The van der Waals surface area contributed by atoms with Crippen LogP contribution in [0.2, 0.25) is 0 Å². The molecule has 0 unspecified atom stereocenters. The predicted molar refractivity (Wildman–Crippen MR) is 97.6 cm³/mol. The molecule has 1 aliphatic rings. The zero-order valence-electron chi connectivity index (χ0n) is 13.9. The van der Waals surface area contributed by atoms with Gasteiger partial charge in [-0.25, -0.2) is 8.42 Å². The second kappa shape index (κ2) is 7.60. The second-order valence-electron chi connectivity index (χ2n) is 6.12. The van der Waals surface area contributed by atoms with E-state index in [-0.39, 0.29) is 35.6 Å². The molecule has 0 bridgehead atoms. The molecule has 0 spiro atoms. The summed E-state index contributed by atoms with van der Waals surface area (Å²) >= 11 is 1.20. The van der Waals surface area contributed by atoms with Crippen LogP contribution in [0, 0.1) is 0 Å². The Morgan fingerprint density at radius 1 is 1.38 bits per heavy atom. The number of amides is 2. The molecule has 1 atom stereocenters. The molecule has 0 radical (unpaired) electrons. The van der Waals surface area contributed by atoms with E-state index < -0.39 is 15.7 Å². The number of nitrogens with zero attached hydrogens (tertiary/aromatic N) is 1. The van der Waals surface area contributed by atoms with Crippen LogP contribution in [0.25, 0.3) is 0 Å². The lowest BCUT2D eigenvalue weighted by Gasteiger charge is -2.26. The second-order valence-corrected chi connectivity index (χ2v) is 9.26. The minimum Gasteiger partial charge on any atom is -0.468 e. The maximum atomic E-state index is 12.5. The molecule has 3 heterocycles. The minimum absolute atomic E-state index is 0.0169. The number of thiophene rings is 1. The first-order chi connectivity index (χ1) is 12.3. The van der Waals surface area contributed by atoms with E-state index in [1.807, 2.05) is 0 Å². The molecule has 2 aromatic heterocycles. The molecule has 8 nitrogen and oxygen atoms in total. The van der Waals surface area contributed by atoms with E-state index in [0.29, 0.717) is 23.7 Å². The Labute approximate surface area is 154 Å². The summed E-state index contributed by atoms with van der Waals surface area (Å²) in [6.45, 7) is 0.310. The predicted octanol–water partition coefficient (Wildman–Crippen LogP) is 1.07. The van der Waals surface area contributed by atoms with Crippen molar-refractivity contribution in [1.29, 1.82) is 0 Å². The number of rotatable bonds is 7. The fourth-order valence-corrected chi connectivity index (χ4v) is 5.50. The number of hydrogen-bond acceptors (Lipinski definition) is 7. The molecule has 3 N–H and O–H groups in total. The summed E-state index contributed by atoms with van der Waals surface area (Å²) in [5.41, 5.74) is 5.54. The number of nitrogens with one attached hydrogen (secondary N) is 1. The van der Waals surface area contributed by atoms with Gasteiger partial charge in [-0.05, 0) is 30.0 Å². The van der Waals surface area contributed by atoms with Gasteiger partial charge in [0, 0.05) is 6.04 Å². The minimum atomic E-state index is -3.09. The van der Waals surface area contributed by atoms with Crippen LogP contribution in [0.4, 0.5) is 5.00 Å². The highest BCUT2D eigenvalue weighted by Crippen LogP contribution is 2.24. The van der Waals surface area contributed by atoms with Gasteiger partial charge in [0.1, 0.15) is 10.8 Å². The zero-order valence-corrected chi connectivity index (χ0v) is 15.5. The zero-order chi connectivity index (χ0) is 18.7. The highest BCUT2D eigenvalue weighted by molar-refractivity contribution is 7.91. The fourth-order valence-electron chi connectivity index (χ4n) is 2.93. The van der Waals surface area contributed by atoms with Crippen LogP contribution >= 0.6 is 11.3 Å². The van der Waals surface area contributed by atoms with E-state index in [1.165, 1.54) is 17.6 Å². The van der Waals surface area contributed by atoms with Crippen molar-refractivity contribution in [2.75, 3.05) is 23.4 Å². The average molecular weight is 397 g/mol. The number of hydrogen-bond donors (Lipinski definition) is 2. The molecule has 0 saturated carbocycles. The van der Waals surface area contributed by atoms with Gasteiger partial charge in [0.2, 0.25) is 5.91 Å². The number of primary amides is 1. The molecule has 2 aromatic rings. The quantitative estimate of drug-likeness (QED) is 0.720. The van der Waals surface area contributed by atoms with E-state index in [1.54, 1.807) is 28.5 Å². The lowest BCUT2D eigenvalue weighted by atomic mass is 10.2. The van der Waals surface area contributed by atoms with E-state index >= 15 is 0 Å². The smallest absolute Gasteiger partial charge is 0.251 e. The summed E-state index contributed by atoms with van der Waals surface area (Å²) < 4.78 is 29.0. The number of nitrogens with two attached hydrogens (primary N) is 1. The summed E-state index contributed by atoms with van der Waals surface area (Å²) in [5.74, 6) is -0.172. The number of anilines is 1. The Hall–Kier alpha value is -2.17. The molecular formula is C16H19N3O5S2. The van der Waals surface area contributed by atoms with Gasteiger partial charge < -0.3 is 15.5 Å². The van der Waals surface area contributed by atoms with E-state index in [9.17, 15) is 18.0 Å². The van der Waals surface area contributed by atoms with Crippen molar-refractivity contribution in [3.63, 3.8) is 0 Å². The van der Waals surface area contributed by atoms with Crippen LogP contribution in [0.15, 0.2) is 34.3 Å². The van der Waals surface area contributed by atoms with Crippen molar-refractivity contribution >= 4 is 38.0 Å². The van der Waals surface area contributed by atoms with Gasteiger partial charge in [0.25, 0.3) is 5.91 Å². The lowest BCUT2D eigenvalue weighted by Crippen LogP contribution is -2.41. The van der Waals surface area contributed by atoms with Gasteiger partial charge in [0.15, 0.2) is 9.84 Å². The van der Waals surface area contributed by atoms with Gasteiger partial charge in [-0.1, -0.05) is 0 Å². The molecule has 10 heteroatoms. The first-order valence-corrected chi connectivity index (χ1v) is 10.7. The summed E-state index contributed by atoms with van der Waals surface area (Å²) in [6, 6.07) is 4.81. The SMILES string of the molecule is NC(=O)c1ccsc1NC(=O)CN(Cc1ccco1)[C@H]1CCS(=O)(=O)C1. The molecule has 26 heavy (non-hydrogen) atoms. The van der Waals surface area contributed by atoms with Gasteiger partial charge >= 0.3 is 0 Å². The molecule has 0 aromatic carbocycles. The van der Waals surface area contributed by atoms with Crippen LogP contribution in [-0.2, 0) is 21.2 Å². The largest absolute Gasteiger partial charge is 0.468 e. The third kappa shape index (κ3) is 4.51. The van der Waals surface area contributed by atoms with Gasteiger partial charge in [-0.15, -0.1) is 11.3 Å². The normalized spacial score (nSPS) is 18.9. The summed E-state index contributed by atoms with van der Waals surface area (Å²) in [4.78, 5) is 25.6. The van der Waals surface area contributed by atoms with Gasteiger partial charge in [-0.3, -0.25) is 14.5 Å². The molecule has 2 amide bonds. The average Bonchev–Trinajstić information content (AvgIpc) is 3.27. The Morgan fingerprint density at radius 2 is 2.19 bits per heavy atom. The molecule has 1 aliphatic heterocycles. The number of furan rings is 1. The number of carbonyl (C=O) groups excluding carboxylic acids is 2. The highest BCUT2D eigenvalue weighted by Gasteiger charge is 2.33. The first-order valence-electron chi connectivity index (χ1n) is 7.98. The Kier molecular flexibility index (Phi) is 5.44. The van der Waals surface area contributed by atoms with Crippen molar-refractivity contribution in [2.24, 2.45) is 5.73 Å². The summed E-state index contributed by atoms with van der Waals surface area (Å²) in [7, 11) is -3.09. The Bertz CT molecular complexity index is 889. The third-order valence-corrected chi connectivity index (χ3v) is 6.77. The van der Waals surface area contributed by atoms with Crippen LogP contribution in [0.1, 0.15) is 22.5 Å². The summed E-state index contributed by atoms with van der Waals surface area (Å²) in [5, 5.41) is 4.74. The molecule has 140 valence electrons. The van der Waals surface area contributed by atoms with Crippen LogP contribution in [0.3, 0.4) is 0 Å². The number of sulfone groups is 1. The Balaban J connectivity index is 1.71. The van der Waals surface area contributed by atoms with Crippen LogP contribution < -0.4 is 11.1 Å². The maximum Gasteiger partial charge on any atom is 0.251 e. The standard InChI is InChI=1S/C16H19N3O5S2/c17-15(21)13-3-6-25-16(13)18-14(20)9-19(8-12-2-1-5-24-12)11-4-7-26(22,23)10-11/h1-3,5-6,11H,4,7-10H2,(H2,17,21)(H,18,20)/t11-/m0/s1. The lowest BCUT2D eigenvalue weighted by molar-refractivity contribution is -0.118. The molecule has 1 fully saturated rings.